The van der Waals surface area contributed by atoms with Gasteiger partial charge in [0.25, 0.3) is 0 Å². The third-order valence-electron chi connectivity index (χ3n) is 2.20. The molecule has 1 aliphatic rings. The number of hydrogen-bond donors (Lipinski definition) is 1. The van der Waals surface area contributed by atoms with E-state index in [0.717, 1.165) is 12.8 Å². The topological polar surface area (TPSA) is 38.7 Å². The zero-order valence-electron chi connectivity index (χ0n) is 7.88. The molecule has 0 unspecified atom stereocenters. The van der Waals surface area contributed by atoms with Gasteiger partial charge < -0.3 is 14.6 Å². The van der Waals surface area contributed by atoms with Crippen molar-refractivity contribution in [3.63, 3.8) is 0 Å². The number of rotatable bonds is 4. The molecule has 1 fully saturated rings. The minimum Gasteiger partial charge on any atom is -0.396 e. The lowest BCUT2D eigenvalue weighted by molar-refractivity contribution is -0.0705. The van der Waals surface area contributed by atoms with Crippen LogP contribution in [0, 0.1) is 5.41 Å². The van der Waals surface area contributed by atoms with Crippen LogP contribution in [-0.2, 0) is 9.47 Å². The van der Waals surface area contributed by atoms with Gasteiger partial charge in [-0.05, 0) is 11.8 Å². The fourth-order valence-corrected chi connectivity index (χ4v) is 1.38. The Labute approximate surface area is 73.7 Å². The molecule has 0 atom stereocenters. The fraction of sp³-hybridized carbons (Fsp3) is 1.00. The summed E-state index contributed by atoms with van der Waals surface area (Å²) in [5.41, 5.74) is 0.115. The van der Waals surface area contributed by atoms with Crippen molar-refractivity contribution in [3.8, 4) is 0 Å². The van der Waals surface area contributed by atoms with Crippen molar-refractivity contribution in [1.82, 2.24) is 0 Å². The highest BCUT2D eigenvalue weighted by molar-refractivity contribution is 4.71. The van der Waals surface area contributed by atoms with E-state index in [1.165, 1.54) is 0 Å². The maximum atomic E-state index is 8.79. The molecule has 0 aromatic rings. The van der Waals surface area contributed by atoms with E-state index in [-0.39, 0.29) is 18.3 Å². The maximum Gasteiger partial charge on any atom is 0.158 e. The monoisotopic (exact) mass is 174 g/mol. The van der Waals surface area contributed by atoms with Gasteiger partial charge in [0, 0.05) is 13.0 Å². The third-order valence-corrected chi connectivity index (χ3v) is 2.20. The molecule has 1 N–H and O–H groups in total. The van der Waals surface area contributed by atoms with Gasteiger partial charge in [0.2, 0.25) is 0 Å². The second-order valence-electron chi connectivity index (χ2n) is 4.01. The number of hydrogen-bond acceptors (Lipinski definition) is 3. The molecular weight excluding hydrogens is 156 g/mol. The molecule has 0 bridgehead atoms. The Morgan fingerprint density at radius 1 is 1.33 bits per heavy atom. The van der Waals surface area contributed by atoms with E-state index < -0.39 is 0 Å². The standard InChI is InChI=1S/C9H18O3/c1-9(2,3-4-10)7-8-11-5-6-12-8/h8,10H,3-7H2,1-2H3. The third kappa shape index (κ3) is 3.09. The Bertz CT molecular complexity index is 128. The van der Waals surface area contributed by atoms with Gasteiger partial charge in [-0.1, -0.05) is 13.8 Å². The summed E-state index contributed by atoms with van der Waals surface area (Å²) in [6.45, 7) is 5.89. The first-order valence-corrected chi connectivity index (χ1v) is 4.48. The van der Waals surface area contributed by atoms with Crippen LogP contribution in [0.1, 0.15) is 26.7 Å². The normalized spacial score (nSPS) is 20.2. The van der Waals surface area contributed by atoms with Crippen molar-refractivity contribution in [3.05, 3.63) is 0 Å². The lowest BCUT2D eigenvalue weighted by atomic mass is 9.86. The molecule has 3 heteroatoms. The molecule has 72 valence electrons. The molecule has 0 radical (unpaired) electrons. The van der Waals surface area contributed by atoms with Crippen molar-refractivity contribution < 1.29 is 14.6 Å². The summed E-state index contributed by atoms with van der Waals surface area (Å²) in [5, 5.41) is 8.79. The first-order chi connectivity index (χ1) is 5.64. The largest absolute Gasteiger partial charge is 0.396 e. The van der Waals surface area contributed by atoms with E-state index in [1.54, 1.807) is 0 Å². The van der Waals surface area contributed by atoms with Crippen LogP contribution >= 0.6 is 0 Å². The molecule has 0 saturated carbocycles. The molecule has 12 heavy (non-hydrogen) atoms. The Hall–Kier alpha value is -0.120. The molecule has 1 aliphatic heterocycles. The zero-order chi connectivity index (χ0) is 9.03. The van der Waals surface area contributed by atoms with Gasteiger partial charge in [-0.15, -0.1) is 0 Å². The second-order valence-corrected chi connectivity index (χ2v) is 4.01. The fourth-order valence-electron chi connectivity index (χ4n) is 1.38. The van der Waals surface area contributed by atoms with Gasteiger partial charge in [0.05, 0.1) is 13.2 Å². The van der Waals surface area contributed by atoms with Crippen molar-refractivity contribution in [2.75, 3.05) is 19.8 Å². The Morgan fingerprint density at radius 2 is 1.92 bits per heavy atom. The van der Waals surface area contributed by atoms with E-state index in [1.807, 2.05) is 0 Å². The molecule has 0 amide bonds. The Kier molecular flexibility index (Phi) is 3.50. The van der Waals surface area contributed by atoms with E-state index >= 15 is 0 Å². The average molecular weight is 174 g/mol. The van der Waals surface area contributed by atoms with E-state index in [0.29, 0.717) is 13.2 Å². The molecule has 0 aliphatic carbocycles. The average Bonchev–Trinajstić information content (AvgIpc) is 2.38. The van der Waals surface area contributed by atoms with Crippen LogP contribution in [0.2, 0.25) is 0 Å². The summed E-state index contributed by atoms with van der Waals surface area (Å²) < 4.78 is 10.7. The summed E-state index contributed by atoms with van der Waals surface area (Å²) in [4.78, 5) is 0. The van der Waals surface area contributed by atoms with Gasteiger partial charge in [0.1, 0.15) is 0 Å². The first-order valence-electron chi connectivity index (χ1n) is 4.48. The molecule has 0 spiro atoms. The van der Waals surface area contributed by atoms with Crippen LogP contribution in [0.15, 0.2) is 0 Å². The highest BCUT2D eigenvalue weighted by Gasteiger charge is 2.26. The van der Waals surface area contributed by atoms with E-state index in [4.69, 9.17) is 14.6 Å². The van der Waals surface area contributed by atoms with E-state index in [9.17, 15) is 0 Å². The summed E-state index contributed by atoms with van der Waals surface area (Å²) in [6.07, 6.45) is 1.62. The predicted octanol–water partition coefficient (Wildman–Crippen LogP) is 1.16. The van der Waals surface area contributed by atoms with Crippen LogP contribution in [0.4, 0.5) is 0 Å². The van der Waals surface area contributed by atoms with Gasteiger partial charge in [0.15, 0.2) is 6.29 Å². The van der Waals surface area contributed by atoms with Crippen LogP contribution in [0.3, 0.4) is 0 Å². The van der Waals surface area contributed by atoms with Gasteiger partial charge in [-0.25, -0.2) is 0 Å². The number of ether oxygens (including phenoxy) is 2. The molecule has 1 heterocycles. The van der Waals surface area contributed by atoms with Crippen LogP contribution < -0.4 is 0 Å². The highest BCUT2D eigenvalue weighted by atomic mass is 16.7. The summed E-state index contributed by atoms with van der Waals surface area (Å²) >= 11 is 0. The lowest BCUT2D eigenvalue weighted by Gasteiger charge is -2.25. The quantitative estimate of drug-likeness (QED) is 0.695. The maximum absolute atomic E-state index is 8.79. The number of aliphatic hydroxyl groups excluding tert-OH is 1. The Balaban J connectivity index is 2.27. The van der Waals surface area contributed by atoms with Crippen molar-refractivity contribution in [2.24, 2.45) is 5.41 Å². The van der Waals surface area contributed by atoms with Crippen molar-refractivity contribution >= 4 is 0 Å². The SMILES string of the molecule is CC(C)(CCO)CC1OCCO1. The highest BCUT2D eigenvalue weighted by Crippen LogP contribution is 2.28. The smallest absolute Gasteiger partial charge is 0.158 e. The van der Waals surface area contributed by atoms with Gasteiger partial charge >= 0.3 is 0 Å². The molecule has 0 aromatic heterocycles. The van der Waals surface area contributed by atoms with Crippen molar-refractivity contribution in [2.45, 2.75) is 33.0 Å². The van der Waals surface area contributed by atoms with Gasteiger partial charge in [-0.3, -0.25) is 0 Å². The summed E-state index contributed by atoms with van der Waals surface area (Å²) in [5.74, 6) is 0. The molecule has 1 rings (SSSR count). The minimum absolute atomic E-state index is 0.0495. The van der Waals surface area contributed by atoms with Crippen LogP contribution in [-0.4, -0.2) is 31.2 Å². The van der Waals surface area contributed by atoms with Crippen LogP contribution in [0.25, 0.3) is 0 Å². The second kappa shape index (κ2) is 4.21. The molecule has 1 saturated heterocycles. The molecule has 0 aromatic carbocycles. The number of aliphatic hydroxyl groups is 1. The summed E-state index contributed by atoms with van der Waals surface area (Å²) in [6, 6.07) is 0. The Morgan fingerprint density at radius 3 is 2.42 bits per heavy atom. The van der Waals surface area contributed by atoms with Crippen molar-refractivity contribution in [1.29, 1.82) is 0 Å². The summed E-state index contributed by atoms with van der Waals surface area (Å²) in [7, 11) is 0. The molecule has 3 nitrogen and oxygen atoms in total. The predicted molar refractivity (Wildman–Crippen MR) is 45.8 cm³/mol. The lowest BCUT2D eigenvalue weighted by Crippen LogP contribution is -2.22. The van der Waals surface area contributed by atoms with E-state index in [2.05, 4.69) is 13.8 Å². The van der Waals surface area contributed by atoms with Gasteiger partial charge in [-0.2, -0.15) is 0 Å². The minimum atomic E-state index is -0.0495. The molecular formula is C9H18O3. The zero-order valence-corrected chi connectivity index (χ0v) is 7.88. The van der Waals surface area contributed by atoms with Crippen LogP contribution in [0.5, 0.6) is 0 Å². The first kappa shape index (κ1) is 9.96.